The number of carbonyl (C=O) groups excluding carboxylic acids is 1. The normalized spacial score (nSPS) is 11.9. The zero-order valence-corrected chi connectivity index (χ0v) is 22.8. The number of nitrogens with zero attached hydrogens (tertiary/aromatic N) is 3. The zero-order valence-electron chi connectivity index (χ0n) is 20.5. The van der Waals surface area contributed by atoms with E-state index in [4.69, 9.17) is 28.3 Å². The third-order valence-corrected chi connectivity index (χ3v) is 7.86. The number of carbonyl (C=O) groups is 1. The first-order valence-electron chi connectivity index (χ1n) is 11.7. The first-order chi connectivity index (χ1) is 17.7. The van der Waals surface area contributed by atoms with Crippen LogP contribution in [0, 0.1) is 0 Å². The SMILES string of the molecule is CC(C)(C)c1ccc2c(Cl)c(C(=O)N/N=C/c3cn(-c4ccccc4)nc3-c3ccc(Cl)cc3)sc2c1. The van der Waals surface area contributed by atoms with Gasteiger partial charge in [-0.3, -0.25) is 4.79 Å². The average Bonchev–Trinajstić information content (AvgIpc) is 3.45. The molecule has 5 rings (SSSR count). The first-order valence-corrected chi connectivity index (χ1v) is 13.2. The van der Waals surface area contributed by atoms with Gasteiger partial charge in [0, 0.05) is 32.4 Å². The molecule has 8 heteroatoms. The summed E-state index contributed by atoms with van der Waals surface area (Å²) < 4.78 is 2.75. The van der Waals surface area contributed by atoms with E-state index in [9.17, 15) is 4.79 Å². The summed E-state index contributed by atoms with van der Waals surface area (Å²) in [6, 6.07) is 23.4. The first kappa shape index (κ1) is 25.2. The number of hydrogen-bond acceptors (Lipinski definition) is 4. The third kappa shape index (κ3) is 5.32. The summed E-state index contributed by atoms with van der Waals surface area (Å²) in [6.07, 6.45) is 3.46. The molecule has 0 atom stereocenters. The molecule has 5 aromatic rings. The fraction of sp³-hybridized carbons (Fsp3) is 0.138. The molecule has 0 aliphatic heterocycles. The van der Waals surface area contributed by atoms with E-state index in [1.54, 1.807) is 10.9 Å². The van der Waals surface area contributed by atoms with Crippen LogP contribution < -0.4 is 5.43 Å². The Bertz CT molecular complexity index is 1610. The summed E-state index contributed by atoms with van der Waals surface area (Å²) in [5.41, 5.74) is 7.07. The summed E-state index contributed by atoms with van der Waals surface area (Å²) in [7, 11) is 0. The Kier molecular flexibility index (Phi) is 6.90. The predicted molar refractivity (Wildman–Crippen MR) is 155 cm³/mol. The lowest BCUT2D eigenvalue weighted by Crippen LogP contribution is -2.16. The van der Waals surface area contributed by atoms with Gasteiger partial charge >= 0.3 is 0 Å². The molecule has 0 aliphatic rings. The molecular formula is C29H24Cl2N4OS. The number of rotatable bonds is 5. The van der Waals surface area contributed by atoms with Gasteiger partial charge in [0.25, 0.3) is 5.91 Å². The monoisotopic (exact) mass is 546 g/mol. The Morgan fingerprint density at radius 2 is 1.76 bits per heavy atom. The van der Waals surface area contributed by atoms with Crippen molar-refractivity contribution in [2.45, 2.75) is 26.2 Å². The average molecular weight is 548 g/mol. The maximum atomic E-state index is 13.0. The standard InChI is InChI=1S/C29H24Cl2N4OS/c1-29(2,3)20-11-14-23-24(15-20)37-27(25(23)31)28(36)33-32-16-19-17-35(22-7-5-4-6-8-22)34-26(19)18-9-12-21(30)13-10-18/h4-17H,1-3H3,(H,33,36)/b32-16+. The minimum atomic E-state index is -0.358. The van der Waals surface area contributed by atoms with E-state index in [1.807, 2.05) is 66.9 Å². The summed E-state index contributed by atoms with van der Waals surface area (Å²) >= 11 is 14.0. The van der Waals surface area contributed by atoms with Crippen molar-refractivity contribution in [1.29, 1.82) is 0 Å². The minimum absolute atomic E-state index is 0.00333. The molecule has 2 aromatic heterocycles. The van der Waals surface area contributed by atoms with Gasteiger partial charge in [-0.25, -0.2) is 10.1 Å². The lowest BCUT2D eigenvalue weighted by molar-refractivity contribution is 0.0959. The highest BCUT2D eigenvalue weighted by atomic mass is 35.5. The minimum Gasteiger partial charge on any atom is -0.266 e. The number of hydrazone groups is 1. The summed E-state index contributed by atoms with van der Waals surface area (Å²) in [4.78, 5) is 13.4. The number of nitrogens with one attached hydrogen (secondary N) is 1. The number of fused-ring (bicyclic) bond motifs is 1. The molecule has 0 spiro atoms. The van der Waals surface area contributed by atoms with Gasteiger partial charge in [0.2, 0.25) is 0 Å². The number of hydrogen-bond donors (Lipinski definition) is 1. The molecule has 0 bridgehead atoms. The maximum absolute atomic E-state index is 13.0. The van der Waals surface area contributed by atoms with E-state index < -0.39 is 0 Å². The third-order valence-electron chi connectivity index (χ3n) is 5.95. The van der Waals surface area contributed by atoms with Crippen molar-refractivity contribution < 1.29 is 4.79 Å². The second kappa shape index (κ2) is 10.1. The van der Waals surface area contributed by atoms with Gasteiger partial charge in [-0.15, -0.1) is 11.3 Å². The van der Waals surface area contributed by atoms with E-state index in [-0.39, 0.29) is 11.3 Å². The van der Waals surface area contributed by atoms with E-state index in [0.717, 1.165) is 26.9 Å². The summed E-state index contributed by atoms with van der Waals surface area (Å²) in [6.45, 7) is 6.47. The smallest absolute Gasteiger partial charge is 0.266 e. The highest BCUT2D eigenvalue weighted by molar-refractivity contribution is 7.21. The highest BCUT2D eigenvalue weighted by Crippen LogP contribution is 2.37. The van der Waals surface area contributed by atoms with Crippen LogP contribution in [0.3, 0.4) is 0 Å². The summed E-state index contributed by atoms with van der Waals surface area (Å²) in [5, 5.41) is 10.9. The molecule has 5 nitrogen and oxygen atoms in total. The lowest BCUT2D eigenvalue weighted by Gasteiger charge is -2.18. The van der Waals surface area contributed by atoms with Crippen molar-refractivity contribution in [1.82, 2.24) is 15.2 Å². The number of para-hydroxylation sites is 1. The molecular weight excluding hydrogens is 523 g/mol. The van der Waals surface area contributed by atoms with E-state index in [2.05, 4.69) is 43.4 Å². The van der Waals surface area contributed by atoms with Crippen molar-refractivity contribution in [2.24, 2.45) is 5.10 Å². The van der Waals surface area contributed by atoms with Crippen LogP contribution in [0.1, 0.15) is 41.6 Å². The van der Waals surface area contributed by atoms with E-state index in [0.29, 0.717) is 20.6 Å². The van der Waals surface area contributed by atoms with Gasteiger partial charge in [-0.2, -0.15) is 10.2 Å². The Morgan fingerprint density at radius 3 is 2.46 bits per heavy atom. The molecule has 0 fully saturated rings. The van der Waals surface area contributed by atoms with Crippen molar-refractivity contribution in [3.8, 4) is 16.9 Å². The van der Waals surface area contributed by atoms with Gasteiger partial charge in [-0.1, -0.05) is 86.4 Å². The van der Waals surface area contributed by atoms with Crippen molar-refractivity contribution in [3.63, 3.8) is 0 Å². The fourth-order valence-electron chi connectivity index (χ4n) is 3.92. The molecule has 0 radical (unpaired) electrons. The van der Waals surface area contributed by atoms with Crippen molar-refractivity contribution >= 4 is 56.7 Å². The Balaban J connectivity index is 1.43. The Morgan fingerprint density at radius 1 is 1.03 bits per heavy atom. The second-order valence-electron chi connectivity index (χ2n) is 9.63. The quantitative estimate of drug-likeness (QED) is 0.178. The van der Waals surface area contributed by atoms with Crippen molar-refractivity contribution in [3.05, 3.63) is 105 Å². The number of benzene rings is 3. The number of thiophene rings is 1. The van der Waals surface area contributed by atoms with E-state index >= 15 is 0 Å². The molecule has 37 heavy (non-hydrogen) atoms. The summed E-state index contributed by atoms with van der Waals surface area (Å²) in [5.74, 6) is -0.358. The molecule has 0 unspecified atom stereocenters. The van der Waals surface area contributed by atoms with Crippen LogP contribution in [-0.2, 0) is 5.41 Å². The van der Waals surface area contributed by atoms with Gasteiger partial charge in [0.1, 0.15) is 10.6 Å². The van der Waals surface area contributed by atoms with Crippen LogP contribution in [0.2, 0.25) is 10.0 Å². The van der Waals surface area contributed by atoms with Crippen LogP contribution in [0.25, 0.3) is 27.0 Å². The molecule has 186 valence electrons. The number of aromatic nitrogens is 2. The molecule has 0 aliphatic carbocycles. The van der Waals surface area contributed by atoms with Crippen LogP contribution in [0.4, 0.5) is 0 Å². The van der Waals surface area contributed by atoms with Crippen LogP contribution in [0.15, 0.2) is 84.1 Å². The maximum Gasteiger partial charge on any atom is 0.283 e. The van der Waals surface area contributed by atoms with Gasteiger partial charge in [-0.05, 0) is 41.3 Å². The molecule has 1 N–H and O–H groups in total. The van der Waals surface area contributed by atoms with E-state index in [1.165, 1.54) is 16.9 Å². The van der Waals surface area contributed by atoms with Gasteiger partial charge in [0.15, 0.2) is 0 Å². The van der Waals surface area contributed by atoms with Crippen LogP contribution >= 0.6 is 34.5 Å². The fourth-order valence-corrected chi connectivity index (χ4v) is 5.49. The van der Waals surface area contributed by atoms with Gasteiger partial charge in [0.05, 0.1) is 16.9 Å². The largest absolute Gasteiger partial charge is 0.283 e. The molecule has 1 amide bonds. The number of amides is 1. The van der Waals surface area contributed by atoms with Crippen LogP contribution in [0.5, 0.6) is 0 Å². The molecule has 0 saturated heterocycles. The van der Waals surface area contributed by atoms with Crippen molar-refractivity contribution in [2.75, 3.05) is 0 Å². The van der Waals surface area contributed by atoms with Crippen LogP contribution in [-0.4, -0.2) is 21.9 Å². The topological polar surface area (TPSA) is 59.3 Å². The Hall–Kier alpha value is -3.45. The number of halogens is 2. The second-order valence-corrected chi connectivity index (χ2v) is 11.5. The Labute approximate surface area is 229 Å². The molecule has 3 aromatic carbocycles. The molecule has 0 saturated carbocycles. The van der Waals surface area contributed by atoms with Gasteiger partial charge < -0.3 is 0 Å². The molecule has 2 heterocycles. The lowest BCUT2D eigenvalue weighted by atomic mass is 9.87. The zero-order chi connectivity index (χ0) is 26.2. The highest BCUT2D eigenvalue weighted by Gasteiger charge is 2.20. The predicted octanol–water partition coefficient (Wildman–Crippen LogP) is 8.12.